The minimum Gasteiger partial charge on any atom is -0.488 e. The normalized spacial score (nSPS) is 11.5. The second-order valence-electron chi connectivity index (χ2n) is 3.82. The van der Waals surface area contributed by atoms with Crippen LogP contribution in [0.25, 0.3) is 0 Å². The minimum absolute atomic E-state index is 0.228. The van der Waals surface area contributed by atoms with Gasteiger partial charge in [0.1, 0.15) is 11.4 Å². The van der Waals surface area contributed by atoms with Crippen LogP contribution < -0.4 is 4.74 Å². The molecule has 0 saturated carbocycles. The first-order valence-corrected chi connectivity index (χ1v) is 4.77. The third-order valence-electron chi connectivity index (χ3n) is 1.26. The zero-order valence-corrected chi connectivity index (χ0v) is 9.41. The van der Waals surface area contributed by atoms with Crippen LogP contribution in [0.3, 0.4) is 0 Å². The molecule has 3 heteroatoms. The molecule has 0 aromatic heterocycles. The Hall–Kier alpha value is -0.400. The summed E-state index contributed by atoms with van der Waals surface area (Å²) in [5.74, 6) is 0.699. The van der Waals surface area contributed by atoms with Gasteiger partial charge in [-0.25, -0.2) is 0 Å². The number of halogens is 2. The van der Waals surface area contributed by atoms with Gasteiger partial charge in [0.25, 0.3) is 0 Å². The molecule has 0 bridgehead atoms. The maximum absolute atomic E-state index is 5.81. The maximum Gasteiger partial charge on any atom is 0.123 e. The Morgan fingerprint density at radius 1 is 1.00 bits per heavy atom. The van der Waals surface area contributed by atoms with Crippen LogP contribution >= 0.6 is 23.2 Å². The first kappa shape index (κ1) is 10.7. The van der Waals surface area contributed by atoms with E-state index in [9.17, 15) is 0 Å². The molecule has 13 heavy (non-hydrogen) atoms. The lowest BCUT2D eigenvalue weighted by Gasteiger charge is -2.21. The number of ether oxygens (including phenoxy) is 1. The topological polar surface area (TPSA) is 9.23 Å². The van der Waals surface area contributed by atoms with E-state index in [1.165, 1.54) is 0 Å². The van der Waals surface area contributed by atoms with Gasteiger partial charge in [0.05, 0.1) is 0 Å². The van der Waals surface area contributed by atoms with Crippen LogP contribution in [0.15, 0.2) is 18.2 Å². The van der Waals surface area contributed by atoms with Crippen LogP contribution in [0.2, 0.25) is 10.0 Å². The smallest absolute Gasteiger partial charge is 0.123 e. The Balaban J connectivity index is 2.90. The number of hydrogen-bond acceptors (Lipinski definition) is 1. The fourth-order valence-corrected chi connectivity index (χ4v) is 1.45. The van der Waals surface area contributed by atoms with Gasteiger partial charge in [-0.05, 0) is 39.0 Å². The molecule has 1 nitrogen and oxygen atoms in total. The molecule has 0 spiro atoms. The van der Waals surface area contributed by atoms with E-state index in [-0.39, 0.29) is 5.60 Å². The van der Waals surface area contributed by atoms with E-state index < -0.39 is 0 Å². The highest BCUT2D eigenvalue weighted by molar-refractivity contribution is 6.34. The molecule has 0 fully saturated rings. The van der Waals surface area contributed by atoms with Gasteiger partial charge in [-0.15, -0.1) is 0 Å². The Morgan fingerprint density at radius 3 is 1.85 bits per heavy atom. The Bertz CT molecular complexity index is 282. The van der Waals surface area contributed by atoms with E-state index in [4.69, 9.17) is 27.9 Å². The Morgan fingerprint density at radius 2 is 1.46 bits per heavy atom. The van der Waals surface area contributed by atoms with Gasteiger partial charge in [-0.1, -0.05) is 23.2 Å². The predicted molar refractivity (Wildman–Crippen MR) is 56.8 cm³/mol. The van der Waals surface area contributed by atoms with Crippen molar-refractivity contribution in [3.63, 3.8) is 0 Å². The molecule has 1 rings (SSSR count). The van der Waals surface area contributed by atoms with Gasteiger partial charge >= 0.3 is 0 Å². The lowest BCUT2D eigenvalue weighted by atomic mass is 10.2. The van der Waals surface area contributed by atoms with Crippen molar-refractivity contribution in [1.82, 2.24) is 0 Å². The summed E-state index contributed by atoms with van der Waals surface area (Å²) in [6, 6.07) is 5.18. The second kappa shape index (κ2) is 3.77. The molecule has 0 aliphatic carbocycles. The van der Waals surface area contributed by atoms with E-state index in [2.05, 4.69) is 0 Å². The third-order valence-corrected chi connectivity index (χ3v) is 1.70. The molecular formula is C10H12Cl2O. The lowest BCUT2D eigenvalue weighted by Crippen LogP contribution is -2.22. The quantitative estimate of drug-likeness (QED) is 0.688. The zero-order valence-electron chi connectivity index (χ0n) is 7.90. The fraction of sp³-hybridized carbons (Fsp3) is 0.400. The summed E-state index contributed by atoms with van der Waals surface area (Å²) in [6.07, 6.45) is 0. The van der Waals surface area contributed by atoms with Gasteiger partial charge in [0.15, 0.2) is 0 Å². The number of benzene rings is 1. The summed E-state index contributed by atoms with van der Waals surface area (Å²) in [7, 11) is 0. The molecule has 0 unspecified atom stereocenters. The largest absolute Gasteiger partial charge is 0.488 e. The molecule has 72 valence electrons. The standard InChI is InChI=1S/C10H12Cl2O/c1-10(2,3)13-9-5-7(11)4-8(12)6-9/h4-6H,1-3H3. The lowest BCUT2D eigenvalue weighted by molar-refractivity contribution is 0.131. The van der Waals surface area contributed by atoms with Crippen LogP contribution in [-0.4, -0.2) is 5.60 Å². The zero-order chi connectivity index (χ0) is 10.1. The molecule has 0 heterocycles. The summed E-state index contributed by atoms with van der Waals surface area (Å²) in [5, 5.41) is 1.18. The van der Waals surface area contributed by atoms with Crippen LogP contribution in [0.4, 0.5) is 0 Å². The van der Waals surface area contributed by atoms with E-state index in [0.717, 1.165) is 0 Å². The predicted octanol–water partition coefficient (Wildman–Crippen LogP) is 4.17. The molecule has 0 radical (unpaired) electrons. The minimum atomic E-state index is -0.228. The van der Waals surface area contributed by atoms with Crippen LogP contribution in [0.5, 0.6) is 5.75 Å². The molecule has 0 N–H and O–H groups in total. The summed E-state index contributed by atoms with van der Waals surface area (Å²) in [6.45, 7) is 5.92. The summed E-state index contributed by atoms with van der Waals surface area (Å²) in [5.41, 5.74) is -0.228. The van der Waals surface area contributed by atoms with E-state index in [0.29, 0.717) is 15.8 Å². The van der Waals surface area contributed by atoms with Crippen molar-refractivity contribution in [3.05, 3.63) is 28.2 Å². The van der Waals surface area contributed by atoms with Gasteiger partial charge in [0.2, 0.25) is 0 Å². The van der Waals surface area contributed by atoms with Crippen molar-refractivity contribution in [1.29, 1.82) is 0 Å². The SMILES string of the molecule is CC(C)(C)Oc1cc(Cl)cc(Cl)c1. The molecule has 1 aromatic carbocycles. The summed E-state index contributed by atoms with van der Waals surface area (Å²) < 4.78 is 5.59. The summed E-state index contributed by atoms with van der Waals surface area (Å²) in [4.78, 5) is 0. The molecule has 0 atom stereocenters. The van der Waals surface area contributed by atoms with Gasteiger partial charge < -0.3 is 4.74 Å². The average molecular weight is 219 g/mol. The van der Waals surface area contributed by atoms with Crippen molar-refractivity contribution < 1.29 is 4.74 Å². The second-order valence-corrected chi connectivity index (χ2v) is 4.69. The van der Waals surface area contributed by atoms with Gasteiger partial charge in [-0.2, -0.15) is 0 Å². The molecule has 0 amide bonds. The molecule has 0 saturated heterocycles. The van der Waals surface area contributed by atoms with E-state index >= 15 is 0 Å². The highest BCUT2D eigenvalue weighted by atomic mass is 35.5. The highest BCUT2D eigenvalue weighted by Crippen LogP contribution is 2.26. The van der Waals surface area contributed by atoms with Crippen molar-refractivity contribution in [3.8, 4) is 5.75 Å². The Kier molecular flexibility index (Phi) is 3.09. The van der Waals surface area contributed by atoms with Crippen LogP contribution in [-0.2, 0) is 0 Å². The fourth-order valence-electron chi connectivity index (χ4n) is 0.941. The average Bonchev–Trinajstić information content (AvgIpc) is 1.78. The summed E-state index contributed by atoms with van der Waals surface area (Å²) >= 11 is 11.6. The van der Waals surface area contributed by atoms with Crippen LogP contribution in [0, 0.1) is 0 Å². The number of rotatable bonds is 1. The monoisotopic (exact) mass is 218 g/mol. The van der Waals surface area contributed by atoms with Gasteiger partial charge in [-0.3, -0.25) is 0 Å². The van der Waals surface area contributed by atoms with Crippen LogP contribution in [0.1, 0.15) is 20.8 Å². The number of hydrogen-bond donors (Lipinski definition) is 0. The highest BCUT2D eigenvalue weighted by Gasteiger charge is 2.12. The molecule has 0 aliphatic heterocycles. The van der Waals surface area contributed by atoms with Gasteiger partial charge in [0, 0.05) is 10.0 Å². The van der Waals surface area contributed by atoms with Crippen molar-refractivity contribution in [2.45, 2.75) is 26.4 Å². The van der Waals surface area contributed by atoms with Crippen molar-refractivity contribution >= 4 is 23.2 Å². The Labute approximate surface area is 88.6 Å². The van der Waals surface area contributed by atoms with E-state index in [1.54, 1.807) is 18.2 Å². The first-order valence-electron chi connectivity index (χ1n) is 4.02. The third kappa shape index (κ3) is 3.88. The molecule has 0 aliphatic rings. The molecule has 1 aromatic rings. The molecular weight excluding hydrogens is 207 g/mol. The van der Waals surface area contributed by atoms with Crippen molar-refractivity contribution in [2.24, 2.45) is 0 Å². The first-order chi connectivity index (χ1) is 5.87. The van der Waals surface area contributed by atoms with Crippen molar-refractivity contribution in [2.75, 3.05) is 0 Å². The maximum atomic E-state index is 5.81. The van der Waals surface area contributed by atoms with E-state index in [1.807, 2.05) is 20.8 Å².